The van der Waals surface area contributed by atoms with Crippen LogP contribution in [0.15, 0.2) is 16.6 Å². The normalized spacial score (nSPS) is 14.0. The zero-order valence-electron chi connectivity index (χ0n) is 11.6. The topological polar surface area (TPSA) is 90.7 Å². The molecule has 1 amide bonds. The number of benzene rings is 1. The van der Waals surface area contributed by atoms with Crippen LogP contribution in [0.3, 0.4) is 0 Å². The van der Waals surface area contributed by atoms with Crippen molar-refractivity contribution in [2.24, 2.45) is 5.73 Å². The highest BCUT2D eigenvalue weighted by Gasteiger charge is 2.24. The molecule has 3 N–H and O–H groups in total. The molecular weight excluding hydrogens is 340 g/mol. The van der Waals surface area contributed by atoms with E-state index in [1.165, 1.54) is 0 Å². The molecule has 0 aromatic heterocycles. The first-order valence-corrected chi connectivity index (χ1v) is 7.46. The van der Waals surface area contributed by atoms with E-state index in [1.54, 1.807) is 6.92 Å². The standard InChI is InChI=1S/C14H17BrN2O4/c1-2-20-14(19)11(16)13(18)17-7-9-6-10(15)5-8-3-4-21-12(8)9/h5-6,11H,2-4,7,16H2,1H3,(H,17,18). The number of fused-ring (bicyclic) bond motifs is 1. The smallest absolute Gasteiger partial charge is 0.332 e. The lowest BCUT2D eigenvalue weighted by molar-refractivity contribution is -0.148. The minimum atomic E-state index is -1.31. The van der Waals surface area contributed by atoms with Crippen molar-refractivity contribution >= 4 is 27.8 Å². The molecule has 6 nitrogen and oxygen atoms in total. The molecule has 0 radical (unpaired) electrons. The molecule has 114 valence electrons. The summed E-state index contributed by atoms with van der Waals surface area (Å²) in [5.74, 6) is -0.505. The SMILES string of the molecule is CCOC(=O)C(N)C(=O)NCc1cc(Br)cc2c1OCC2. The van der Waals surface area contributed by atoms with Gasteiger partial charge in [0.25, 0.3) is 0 Å². The molecule has 21 heavy (non-hydrogen) atoms. The fraction of sp³-hybridized carbons (Fsp3) is 0.429. The Balaban J connectivity index is 2.00. The third kappa shape index (κ3) is 3.74. The second kappa shape index (κ2) is 6.91. The number of rotatable bonds is 5. The fourth-order valence-corrected chi connectivity index (χ4v) is 2.66. The van der Waals surface area contributed by atoms with Crippen molar-refractivity contribution in [3.63, 3.8) is 0 Å². The van der Waals surface area contributed by atoms with Gasteiger partial charge in [-0.15, -0.1) is 0 Å². The van der Waals surface area contributed by atoms with Crippen molar-refractivity contribution in [2.75, 3.05) is 13.2 Å². The van der Waals surface area contributed by atoms with Gasteiger partial charge in [-0.3, -0.25) is 4.79 Å². The molecule has 1 unspecified atom stereocenters. The number of hydrogen-bond donors (Lipinski definition) is 2. The molecule has 1 aromatic rings. The van der Waals surface area contributed by atoms with Crippen molar-refractivity contribution in [3.8, 4) is 5.75 Å². The van der Waals surface area contributed by atoms with E-state index >= 15 is 0 Å². The summed E-state index contributed by atoms with van der Waals surface area (Å²) in [5.41, 5.74) is 7.48. The molecule has 0 aliphatic carbocycles. The van der Waals surface area contributed by atoms with E-state index in [0.29, 0.717) is 6.61 Å². The molecule has 2 rings (SSSR count). The van der Waals surface area contributed by atoms with Gasteiger partial charge in [0.1, 0.15) is 5.75 Å². The van der Waals surface area contributed by atoms with Crippen LogP contribution in [-0.4, -0.2) is 31.1 Å². The summed E-state index contributed by atoms with van der Waals surface area (Å²) in [6.45, 7) is 2.72. The van der Waals surface area contributed by atoms with Crippen LogP contribution < -0.4 is 15.8 Å². The first kappa shape index (κ1) is 15.8. The second-order valence-corrected chi connectivity index (χ2v) is 5.51. The fourth-order valence-electron chi connectivity index (χ4n) is 2.11. The number of hydrogen-bond acceptors (Lipinski definition) is 5. The Kier molecular flexibility index (Phi) is 5.19. The Bertz CT molecular complexity index is 562. The summed E-state index contributed by atoms with van der Waals surface area (Å²) in [7, 11) is 0. The highest BCUT2D eigenvalue weighted by molar-refractivity contribution is 9.10. The largest absolute Gasteiger partial charge is 0.493 e. The van der Waals surface area contributed by atoms with E-state index in [0.717, 1.165) is 27.8 Å². The molecule has 0 fully saturated rings. The summed E-state index contributed by atoms with van der Waals surface area (Å²) in [6, 6.07) is 2.56. The molecular formula is C14H17BrN2O4. The van der Waals surface area contributed by atoms with Gasteiger partial charge in [-0.25, -0.2) is 4.79 Å². The van der Waals surface area contributed by atoms with Gasteiger partial charge in [0.2, 0.25) is 5.91 Å². The van der Waals surface area contributed by atoms with E-state index in [4.69, 9.17) is 15.2 Å². The Morgan fingerprint density at radius 2 is 2.29 bits per heavy atom. The van der Waals surface area contributed by atoms with Gasteiger partial charge in [-0.1, -0.05) is 15.9 Å². The van der Waals surface area contributed by atoms with E-state index in [-0.39, 0.29) is 13.2 Å². The first-order valence-electron chi connectivity index (χ1n) is 6.67. The zero-order chi connectivity index (χ0) is 15.4. The molecule has 0 saturated carbocycles. The predicted molar refractivity (Wildman–Crippen MR) is 79.8 cm³/mol. The molecule has 1 aliphatic heterocycles. The van der Waals surface area contributed by atoms with Gasteiger partial charge in [0.15, 0.2) is 6.04 Å². The van der Waals surface area contributed by atoms with Crippen LogP contribution in [0.25, 0.3) is 0 Å². The molecule has 1 aromatic carbocycles. The van der Waals surface area contributed by atoms with Crippen molar-refractivity contribution in [1.82, 2.24) is 5.32 Å². The van der Waals surface area contributed by atoms with Crippen LogP contribution in [0.1, 0.15) is 18.1 Å². The van der Waals surface area contributed by atoms with Crippen molar-refractivity contribution in [3.05, 3.63) is 27.7 Å². The second-order valence-electron chi connectivity index (χ2n) is 4.60. The van der Waals surface area contributed by atoms with Crippen LogP contribution in [0.2, 0.25) is 0 Å². The summed E-state index contributed by atoms with van der Waals surface area (Å²) in [5, 5.41) is 2.63. The van der Waals surface area contributed by atoms with Crippen molar-refractivity contribution < 1.29 is 19.1 Å². The third-order valence-electron chi connectivity index (χ3n) is 3.10. The van der Waals surface area contributed by atoms with Crippen molar-refractivity contribution in [2.45, 2.75) is 25.9 Å². The molecule has 1 atom stereocenters. The number of carbonyl (C=O) groups excluding carboxylic acids is 2. The van der Waals surface area contributed by atoms with Gasteiger partial charge in [0, 0.05) is 23.0 Å². The molecule has 1 aliphatic rings. The Morgan fingerprint density at radius 3 is 3.00 bits per heavy atom. The zero-order valence-corrected chi connectivity index (χ0v) is 13.2. The predicted octanol–water partition coefficient (Wildman–Crippen LogP) is 0.891. The van der Waals surface area contributed by atoms with Crippen LogP contribution >= 0.6 is 15.9 Å². The average molecular weight is 357 g/mol. The number of halogens is 1. The number of ether oxygens (including phenoxy) is 2. The quantitative estimate of drug-likeness (QED) is 0.603. The maximum atomic E-state index is 11.8. The van der Waals surface area contributed by atoms with Gasteiger partial charge in [-0.05, 0) is 24.6 Å². The Hall–Kier alpha value is -1.60. The number of carbonyl (C=O) groups is 2. The van der Waals surface area contributed by atoms with Gasteiger partial charge >= 0.3 is 5.97 Å². The van der Waals surface area contributed by atoms with Gasteiger partial charge in [-0.2, -0.15) is 0 Å². The molecule has 0 spiro atoms. The van der Waals surface area contributed by atoms with Crippen LogP contribution in [0.5, 0.6) is 5.75 Å². The molecule has 1 heterocycles. The first-order chi connectivity index (χ1) is 10.0. The lowest BCUT2D eigenvalue weighted by atomic mass is 10.1. The number of nitrogens with one attached hydrogen (secondary N) is 1. The highest BCUT2D eigenvalue weighted by atomic mass is 79.9. The van der Waals surface area contributed by atoms with Gasteiger partial charge < -0.3 is 20.5 Å². The maximum absolute atomic E-state index is 11.8. The van der Waals surface area contributed by atoms with E-state index in [2.05, 4.69) is 21.2 Å². The third-order valence-corrected chi connectivity index (χ3v) is 3.56. The maximum Gasteiger partial charge on any atom is 0.332 e. The minimum Gasteiger partial charge on any atom is -0.493 e. The molecule has 0 saturated heterocycles. The lowest BCUT2D eigenvalue weighted by Crippen LogP contribution is -2.46. The van der Waals surface area contributed by atoms with Crippen LogP contribution in [-0.2, 0) is 27.3 Å². The Labute approximate surface area is 131 Å². The summed E-state index contributed by atoms with van der Waals surface area (Å²) < 4.78 is 11.2. The molecule has 0 bridgehead atoms. The monoisotopic (exact) mass is 356 g/mol. The number of nitrogens with two attached hydrogens (primary N) is 1. The average Bonchev–Trinajstić information content (AvgIpc) is 2.91. The number of amides is 1. The van der Waals surface area contributed by atoms with E-state index in [9.17, 15) is 9.59 Å². The van der Waals surface area contributed by atoms with E-state index in [1.807, 2.05) is 12.1 Å². The van der Waals surface area contributed by atoms with Gasteiger partial charge in [0.05, 0.1) is 13.2 Å². The molecule has 7 heteroatoms. The summed E-state index contributed by atoms with van der Waals surface area (Å²) in [6.07, 6.45) is 0.845. The highest BCUT2D eigenvalue weighted by Crippen LogP contribution is 2.32. The summed E-state index contributed by atoms with van der Waals surface area (Å²) in [4.78, 5) is 23.2. The van der Waals surface area contributed by atoms with Crippen molar-refractivity contribution in [1.29, 1.82) is 0 Å². The van der Waals surface area contributed by atoms with Crippen LogP contribution in [0, 0.1) is 0 Å². The summed E-state index contributed by atoms with van der Waals surface area (Å²) >= 11 is 3.43. The lowest BCUT2D eigenvalue weighted by Gasteiger charge is -2.13. The van der Waals surface area contributed by atoms with Crippen LogP contribution in [0.4, 0.5) is 0 Å². The minimum absolute atomic E-state index is 0.187. The number of esters is 1. The van der Waals surface area contributed by atoms with E-state index < -0.39 is 17.9 Å². The Morgan fingerprint density at radius 1 is 1.52 bits per heavy atom.